The molecule has 110 valence electrons. The Labute approximate surface area is 131 Å². The molecule has 0 saturated heterocycles. The van der Waals surface area contributed by atoms with Gasteiger partial charge < -0.3 is 15.1 Å². The van der Waals surface area contributed by atoms with Gasteiger partial charge in [-0.3, -0.25) is 4.79 Å². The third-order valence-corrected chi connectivity index (χ3v) is 4.70. The summed E-state index contributed by atoms with van der Waals surface area (Å²) in [7, 11) is 0. The summed E-state index contributed by atoms with van der Waals surface area (Å²) in [6, 6.07) is 9.40. The number of rotatable bonds is 2. The van der Waals surface area contributed by atoms with Crippen LogP contribution in [0.2, 0.25) is 0 Å². The number of thiazole rings is 1. The molecule has 3 heterocycles. The first-order valence-electron chi connectivity index (χ1n) is 6.89. The molecule has 3 aromatic rings. The van der Waals surface area contributed by atoms with Gasteiger partial charge in [-0.05, 0) is 30.7 Å². The molecule has 1 aromatic carbocycles. The summed E-state index contributed by atoms with van der Waals surface area (Å²) >= 11 is 1.50. The van der Waals surface area contributed by atoms with Gasteiger partial charge in [0, 0.05) is 6.20 Å². The smallest absolute Gasteiger partial charge is 0.255 e. The number of carbonyl (C=O) groups is 1. The maximum atomic E-state index is 12.3. The first kappa shape index (κ1) is 13.1. The Hall–Kier alpha value is -2.60. The predicted molar refractivity (Wildman–Crippen MR) is 84.8 cm³/mol. The van der Waals surface area contributed by atoms with Crippen LogP contribution < -0.4 is 10.6 Å². The first-order valence-corrected chi connectivity index (χ1v) is 7.70. The van der Waals surface area contributed by atoms with Crippen LogP contribution in [0.4, 0.5) is 5.69 Å². The van der Waals surface area contributed by atoms with E-state index in [1.807, 2.05) is 37.3 Å². The average molecular weight is 311 g/mol. The first-order chi connectivity index (χ1) is 10.7. The van der Waals surface area contributed by atoms with E-state index in [1.54, 1.807) is 12.5 Å². The molecule has 5 nitrogen and oxygen atoms in total. The van der Waals surface area contributed by atoms with Gasteiger partial charge in [-0.15, -0.1) is 11.3 Å². The third kappa shape index (κ3) is 2.08. The van der Waals surface area contributed by atoms with E-state index in [9.17, 15) is 4.79 Å². The largest absolute Gasteiger partial charge is 0.462 e. The molecule has 1 aliphatic heterocycles. The highest BCUT2D eigenvalue weighted by molar-refractivity contribution is 7.15. The lowest BCUT2D eigenvalue weighted by Gasteiger charge is -2.28. The molecule has 2 aromatic heterocycles. The topological polar surface area (TPSA) is 67.2 Å². The quantitative estimate of drug-likeness (QED) is 0.759. The van der Waals surface area contributed by atoms with Gasteiger partial charge in [0.25, 0.3) is 5.91 Å². The van der Waals surface area contributed by atoms with E-state index < -0.39 is 0 Å². The van der Waals surface area contributed by atoms with Crippen molar-refractivity contribution in [2.75, 3.05) is 5.32 Å². The number of anilines is 1. The van der Waals surface area contributed by atoms with Gasteiger partial charge >= 0.3 is 0 Å². The number of carbonyl (C=O) groups excluding carboxylic acids is 1. The fourth-order valence-electron chi connectivity index (χ4n) is 2.51. The summed E-state index contributed by atoms with van der Waals surface area (Å²) < 4.78 is 5.36. The van der Waals surface area contributed by atoms with E-state index in [1.165, 1.54) is 11.3 Å². The predicted octanol–water partition coefficient (Wildman–Crippen LogP) is 3.57. The summed E-state index contributed by atoms with van der Waals surface area (Å²) in [5, 5.41) is 7.14. The van der Waals surface area contributed by atoms with Crippen LogP contribution in [0.1, 0.15) is 27.0 Å². The Morgan fingerprint density at radius 3 is 2.95 bits per heavy atom. The molecule has 1 atom stereocenters. The van der Waals surface area contributed by atoms with Crippen LogP contribution in [-0.2, 0) is 0 Å². The standard InChI is InChI=1S/C16H13N3O2S/c1-9-4-2-5-10-13(9)18-14(19-15(10)20)12-8-17-16(22-12)11-6-3-7-21-11/h2-8,14,18H,1H3,(H,19,20)/t14-/m0/s1. The second-order valence-electron chi connectivity index (χ2n) is 5.09. The van der Waals surface area contributed by atoms with Crippen molar-refractivity contribution in [2.45, 2.75) is 13.1 Å². The fourth-order valence-corrected chi connectivity index (χ4v) is 3.40. The monoisotopic (exact) mass is 311 g/mol. The lowest BCUT2D eigenvalue weighted by atomic mass is 10.0. The molecular formula is C16H13N3O2S. The van der Waals surface area contributed by atoms with Crippen LogP contribution in [0.25, 0.3) is 10.8 Å². The van der Waals surface area contributed by atoms with Crippen molar-refractivity contribution in [3.63, 3.8) is 0 Å². The summed E-state index contributed by atoms with van der Waals surface area (Å²) in [6.07, 6.45) is 3.11. The maximum Gasteiger partial charge on any atom is 0.255 e. The Kier molecular flexibility index (Phi) is 2.97. The number of nitrogens with one attached hydrogen (secondary N) is 2. The van der Waals surface area contributed by atoms with Crippen molar-refractivity contribution in [1.29, 1.82) is 0 Å². The Morgan fingerprint density at radius 1 is 1.23 bits per heavy atom. The molecule has 1 amide bonds. The minimum absolute atomic E-state index is 0.0737. The normalized spacial score (nSPS) is 16.8. The van der Waals surface area contributed by atoms with Gasteiger partial charge in [-0.2, -0.15) is 0 Å². The number of aryl methyl sites for hydroxylation is 1. The van der Waals surface area contributed by atoms with Crippen LogP contribution in [-0.4, -0.2) is 10.9 Å². The van der Waals surface area contributed by atoms with Gasteiger partial charge in [0.15, 0.2) is 10.8 Å². The Morgan fingerprint density at radius 2 is 2.14 bits per heavy atom. The van der Waals surface area contributed by atoms with Crippen LogP contribution >= 0.6 is 11.3 Å². The zero-order valence-corrected chi connectivity index (χ0v) is 12.6. The third-order valence-electron chi connectivity index (χ3n) is 3.62. The van der Waals surface area contributed by atoms with Gasteiger partial charge in [-0.1, -0.05) is 12.1 Å². The van der Waals surface area contributed by atoms with Crippen LogP contribution in [0, 0.1) is 6.92 Å². The Bertz CT molecular complexity index is 839. The van der Waals surface area contributed by atoms with Crippen molar-refractivity contribution in [2.24, 2.45) is 0 Å². The number of para-hydroxylation sites is 1. The molecule has 0 unspecified atom stereocenters. The molecule has 0 bridgehead atoms. The highest BCUT2D eigenvalue weighted by Gasteiger charge is 2.27. The van der Waals surface area contributed by atoms with Gasteiger partial charge in [0.05, 0.1) is 22.4 Å². The van der Waals surface area contributed by atoms with Crippen LogP contribution in [0.15, 0.2) is 47.2 Å². The minimum Gasteiger partial charge on any atom is -0.462 e. The summed E-state index contributed by atoms with van der Waals surface area (Å²) in [5.74, 6) is 0.658. The molecule has 6 heteroatoms. The molecule has 0 aliphatic carbocycles. The number of hydrogen-bond donors (Lipinski definition) is 2. The summed E-state index contributed by atoms with van der Waals surface area (Å²) in [5.41, 5.74) is 2.60. The second-order valence-corrected chi connectivity index (χ2v) is 6.16. The number of benzene rings is 1. The van der Waals surface area contributed by atoms with E-state index in [-0.39, 0.29) is 12.1 Å². The number of aromatic nitrogens is 1. The molecule has 2 N–H and O–H groups in total. The van der Waals surface area contributed by atoms with Crippen molar-refractivity contribution in [3.8, 4) is 10.8 Å². The number of nitrogens with zero attached hydrogens (tertiary/aromatic N) is 1. The van der Waals surface area contributed by atoms with Crippen molar-refractivity contribution in [3.05, 3.63) is 58.8 Å². The molecule has 4 rings (SSSR count). The zero-order valence-electron chi connectivity index (χ0n) is 11.8. The van der Waals surface area contributed by atoms with Crippen molar-refractivity contribution in [1.82, 2.24) is 10.3 Å². The molecule has 0 radical (unpaired) electrons. The average Bonchev–Trinajstić information content (AvgIpc) is 3.19. The lowest BCUT2D eigenvalue weighted by Crippen LogP contribution is -2.38. The van der Waals surface area contributed by atoms with E-state index >= 15 is 0 Å². The SMILES string of the molecule is Cc1cccc2c1N[C@H](c1cnc(-c3ccco3)s1)NC2=O. The molecule has 0 fully saturated rings. The van der Waals surface area contributed by atoms with Gasteiger partial charge in [0.1, 0.15) is 6.17 Å². The maximum absolute atomic E-state index is 12.3. The van der Waals surface area contributed by atoms with Gasteiger partial charge in [0.2, 0.25) is 0 Å². The number of fused-ring (bicyclic) bond motifs is 1. The van der Waals surface area contributed by atoms with E-state index in [4.69, 9.17) is 4.42 Å². The van der Waals surface area contributed by atoms with E-state index in [0.717, 1.165) is 26.9 Å². The number of amides is 1. The summed E-state index contributed by atoms with van der Waals surface area (Å²) in [6.45, 7) is 1.99. The molecule has 0 spiro atoms. The molecule has 1 aliphatic rings. The Balaban J connectivity index is 1.68. The molecular weight excluding hydrogens is 298 g/mol. The highest BCUT2D eigenvalue weighted by Crippen LogP contribution is 2.33. The molecule has 22 heavy (non-hydrogen) atoms. The number of furan rings is 1. The van der Waals surface area contributed by atoms with E-state index in [2.05, 4.69) is 15.6 Å². The second kappa shape index (κ2) is 4.99. The van der Waals surface area contributed by atoms with Crippen molar-refractivity contribution < 1.29 is 9.21 Å². The van der Waals surface area contributed by atoms with Gasteiger partial charge in [-0.25, -0.2) is 4.98 Å². The lowest BCUT2D eigenvalue weighted by molar-refractivity contribution is 0.0936. The van der Waals surface area contributed by atoms with Crippen molar-refractivity contribution >= 4 is 22.9 Å². The highest BCUT2D eigenvalue weighted by atomic mass is 32.1. The zero-order chi connectivity index (χ0) is 15.1. The number of hydrogen-bond acceptors (Lipinski definition) is 5. The molecule has 0 saturated carbocycles. The fraction of sp³-hybridized carbons (Fsp3) is 0.125. The van der Waals surface area contributed by atoms with E-state index in [0.29, 0.717) is 5.56 Å². The van der Waals surface area contributed by atoms with Crippen LogP contribution in [0.5, 0.6) is 0 Å². The minimum atomic E-state index is -0.276. The summed E-state index contributed by atoms with van der Waals surface area (Å²) in [4.78, 5) is 17.6. The van der Waals surface area contributed by atoms with Crippen LogP contribution in [0.3, 0.4) is 0 Å².